The van der Waals surface area contributed by atoms with E-state index in [4.69, 9.17) is 0 Å². The minimum Gasteiger partial charge on any atom is -0.352 e. The molecule has 1 saturated heterocycles. The molecule has 3 aromatic rings. The zero-order valence-electron chi connectivity index (χ0n) is 18.9. The van der Waals surface area contributed by atoms with Crippen molar-refractivity contribution in [3.05, 3.63) is 69.1 Å². The Kier molecular flexibility index (Phi) is 6.01. The fourth-order valence-corrected chi connectivity index (χ4v) is 4.50. The number of nitrogens with zero attached hydrogens (tertiary/aromatic N) is 3. The molecule has 0 aliphatic carbocycles. The van der Waals surface area contributed by atoms with Crippen molar-refractivity contribution in [1.82, 2.24) is 19.4 Å². The molecule has 1 aliphatic rings. The number of aryl methyl sites for hydroxylation is 4. The maximum atomic E-state index is 12.7. The molecular formula is C25H32N4O2. The number of fused-ring (bicyclic) bond motifs is 1. The van der Waals surface area contributed by atoms with Gasteiger partial charge < -0.3 is 5.32 Å². The van der Waals surface area contributed by atoms with Crippen molar-refractivity contribution >= 4 is 16.9 Å². The van der Waals surface area contributed by atoms with Crippen LogP contribution in [0.1, 0.15) is 39.9 Å². The molecule has 1 N–H and O–H groups in total. The van der Waals surface area contributed by atoms with Crippen LogP contribution in [0.3, 0.4) is 0 Å². The summed E-state index contributed by atoms with van der Waals surface area (Å²) in [6.45, 7) is 8.13. The number of nitrogens with one attached hydrogen (secondary N) is 1. The lowest BCUT2D eigenvalue weighted by atomic mass is 9.96. The van der Waals surface area contributed by atoms with Crippen LogP contribution in [-0.2, 0) is 20.6 Å². The minimum absolute atomic E-state index is 0.0734. The molecule has 0 radical (unpaired) electrons. The molecule has 164 valence electrons. The van der Waals surface area contributed by atoms with Crippen molar-refractivity contribution < 1.29 is 4.79 Å². The first-order valence-corrected chi connectivity index (χ1v) is 11.1. The number of carbonyl (C=O) groups is 1. The van der Waals surface area contributed by atoms with Gasteiger partial charge in [-0.2, -0.15) is 0 Å². The highest BCUT2D eigenvalue weighted by atomic mass is 16.2. The van der Waals surface area contributed by atoms with Gasteiger partial charge in [0.05, 0.1) is 11.0 Å². The molecule has 1 aliphatic heterocycles. The van der Waals surface area contributed by atoms with E-state index in [1.54, 1.807) is 35.4 Å². The number of imidazole rings is 1. The normalized spacial score (nSPS) is 15.5. The van der Waals surface area contributed by atoms with Crippen LogP contribution in [0.25, 0.3) is 11.0 Å². The highest BCUT2D eigenvalue weighted by Gasteiger charge is 2.20. The molecule has 2 aromatic carbocycles. The molecule has 6 nitrogen and oxygen atoms in total. The summed E-state index contributed by atoms with van der Waals surface area (Å²) < 4.78 is 3.18. The maximum Gasteiger partial charge on any atom is 0.328 e. The summed E-state index contributed by atoms with van der Waals surface area (Å²) >= 11 is 0. The zero-order valence-corrected chi connectivity index (χ0v) is 18.9. The van der Waals surface area contributed by atoms with Gasteiger partial charge in [0.15, 0.2) is 0 Å². The third-order valence-electron chi connectivity index (χ3n) is 6.77. The van der Waals surface area contributed by atoms with Gasteiger partial charge in [0.25, 0.3) is 5.91 Å². The maximum absolute atomic E-state index is 12.7. The standard InChI is InChI=1S/C25H32N4O2/c1-17-5-6-20(13-18(17)2)16-29-11-9-19(10-12-29)15-26-24(30)21-7-8-22-23(14-21)28(4)25(31)27(22)3/h5-8,13-14,19H,9-12,15-16H2,1-4H3,(H,26,30). The smallest absolute Gasteiger partial charge is 0.328 e. The third-order valence-corrected chi connectivity index (χ3v) is 6.77. The van der Waals surface area contributed by atoms with Gasteiger partial charge in [-0.3, -0.25) is 18.8 Å². The topological polar surface area (TPSA) is 59.3 Å². The highest BCUT2D eigenvalue weighted by molar-refractivity contribution is 5.97. The monoisotopic (exact) mass is 420 g/mol. The Balaban J connectivity index is 1.30. The van der Waals surface area contributed by atoms with E-state index in [0.717, 1.165) is 43.5 Å². The molecule has 0 unspecified atom stereocenters. The van der Waals surface area contributed by atoms with Crippen LogP contribution in [-0.4, -0.2) is 39.6 Å². The van der Waals surface area contributed by atoms with E-state index in [0.29, 0.717) is 18.0 Å². The van der Waals surface area contributed by atoms with Crippen LogP contribution < -0.4 is 11.0 Å². The molecule has 1 amide bonds. The Bertz CT molecular complexity index is 1170. The van der Waals surface area contributed by atoms with Crippen molar-refractivity contribution in [3.8, 4) is 0 Å². The van der Waals surface area contributed by atoms with Gasteiger partial charge >= 0.3 is 5.69 Å². The number of carbonyl (C=O) groups excluding carboxylic acids is 1. The fraction of sp³-hybridized carbons (Fsp3) is 0.440. The first kappa shape index (κ1) is 21.4. The number of rotatable bonds is 5. The number of benzene rings is 2. The number of aromatic nitrogens is 2. The summed E-state index contributed by atoms with van der Waals surface area (Å²) in [6.07, 6.45) is 2.19. The molecule has 0 saturated carbocycles. The summed E-state index contributed by atoms with van der Waals surface area (Å²) in [5.74, 6) is 0.431. The molecule has 31 heavy (non-hydrogen) atoms. The Morgan fingerprint density at radius 1 is 0.968 bits per heavy atom. The van der Waals surface area contributed by atoms with Gasteiger partial charge in [0.1, 0.15) is 0 Å². The number of amides is 1. The van der Waals surface area contributed by atoms with E-state index < -0.39 is 0 Å². The summed E-state index contributed by atoms with van der Waals surface area (Å²) in [5.41, 5.74) is 6.19. The molecular weight excluding hydrogens is 388 g/mol. The van der Waals surface area contributed by atoms with Gasteiger partial charge in [-0.05, 0) is 80.6 Å². The van der Waals surface area contributed by atoms with Crippen LogP contribution in [0.5, 0.6) is 0 Å². The second-order valence-electron chi connectivity index (χ2n) is 8.95. The highest BCUT2D eigenvalue weighted by Crippen LogP contribution is 2.20. The predicted octanol–water partition coefficient (Wildman–Crippen LogP) is 3.14. The number of hydrogen-bond donors (Lipinski definition) is 1. The molecule has 0 spiro atoms. The second-order valence-corrected chi connectivity index (χ2v) is 8.95. The number of likely N-dealkylation sites (tertiary alicyclic amines) is 1. The Morgan fingerprint density at radius 3 is 2.39 bits per heavy atom. The van der Waals surface area contributed by atoms with E-state index >= 15 is 0 Å². The van der Waals surface area contributed by atoms with Crippen LogP contribution in [0.2, 0.25) is 0 Å². The van der Waals surface area contributed by atoms with Crippen molar-refractivity contribution in [1.29, 1.82) is 0 Å². The molecule has 1 fully saturated rings. The first-order valence-electron chi connectivity index (χ1n) is 11.1. The number of piperidine rings is 1. The van der Waals surface area contributed by atoms with Crippen molar-refractivity contribution in [2.75, 3.05) is 19.6 Å². The van der Waals surface area contributed by atoms with E-state index in [-0.39, 0.29) is 11.6 Å². The molecule has 0 bridgehead atoms. The van der Waals surface area contributed by atoms with E-state index in [1.165, 1.54) is 16.7 Å². The van der Waals surface area contributed by atoms with Crippen molar-refractivity contribution in [2.24, 2.45) is 20.0 Å². The van der Waals surface area contributed by atoms with Crippen molar-refractivity contribution in [3.63, 3.8) is 0 Å². The van der Waals surface area contributed by atoms with Gasteiger partial charge in [-0.15, -0.1) is 0 Å². The van der Waals surface area contributed by atoms with Crippen LogP contribution in [0.4, 0.5) is 0 Å². The summed E-state index contributed by atoms with van der Waals surface area (Å²) in [7, 11) is 3.48. The molecule has 4 rings (SSSR count). The van der Waals surface area contributed by atoms with E-state index in [2.05, 4.69) is 42.3 Å². The van der Waals surface area contributed by atoms with Gasteiger partial charge in [-0.25, -0.2) is 4.79 Å². The summed E-state index contributed by atoms with van der Waals surface area (Å²) in [5, 5.41) is 3.10. The van der Waals surface area contributed by atoms with Gasteiger partial charge in [0, 0.05) is 32.7 Å². The molecule has 2 heterocycles. The molecule has 6 heteroatoms. The fourth-order valence-electron chi connectivity index (χ4n) is 4.50. The molecule has 1 aromatic heterocycles. The third kappa shape index (κ3) is 4.44. The Labute approximate surface area is 183 Å². The second kappa shape index (κ2) is 8.71. The van der Waals surface area contributed by atoms with Crippen molar-refractivity contribution in [2.45, 2.75) is 33.2 Å². The lowest BCUT2D eigenvalue weighted by Crippen LogP contribution is -2.38. The van der Waals surface area contributed by atoms with E-state index in [9.17, 15) is 9.59 Å². The average Bonchev–Trinajstić information content (AvgIpc) is 2.99. The van der Waals surface area contributed by atoms with Gasteiger partial charge in [0.2, 0.25) is 0 Å². The predicted molar refractivity (Wildman–Crippen MR) is 124 cm³/mol. The Hall–Kier alpha value is -2.86. The largest absolute Gasteiger partial charge is 0.352 e. The van der Waals surface area contributed by atoms with Gasteiger partial charge in [-0.1, -0.05) is 18.2 Å². The SMILES string of the molecule is Cc1ccc(CN2CCC(CNC(=O)c3ccc4c(c3)n(C)c(=O)n4C)CC2)cc1C. The van der Waals surface area contributed by atoms with Crippen LogP contribution in [0.15, 0.2) is 41.2 Å². The zero-order chi connectivity index (χ0) is 22.1. The van der Waals surface area contributed by atoms with Crippen LogP contribution in [0, 0.1) is 19.8 Å². The average molecular weight is 421 g/mol. The van der Waals surface area contributed by atoms with E-state index in [1.807, 2.05) is 6.07 Å². The molecule has 0 atom stereocenters. The lowest BCUT2D eigenvalue weighted by molar-refractivity contribution is 0.0935. The lowest BCUT2D eigenvalue weighted by Gasteiger charge is -2.32. The quantitative estimate of drug-likeness (QED) is 0.690. The number of hydrogen-bond acceptors (Lipinski definition) is 3. The first-order chi connectivity index (χ1) is 14.8. The Morgan fingerprint density at radius 2 is 1.68 bits per heavy atom. The minimum atomic E-state index is -0.0832. The van der Waals surface area contributed by atoms with Crippen LogP contribution >= 0.6 is 0 Å². The summed E-state index contributed by atoms with van der Waals surface area (Å²) in [4.78, 5) is 27.3. The summed E-state index contributed by atoms with van der Waals surface area (Å²) in [6, 6.07) is 12.2.